The Bertz CT molecular complexity index is 196. The van der Waals surface area contributed by atoms with Gasteiger partial charge in [-0.3, -0.25) is 4.79 Å². The Labute approximate surface area is 79.7 Å². The van der Waals surface area contributed by atoms with E-state index in [0.717, 1.165) is 19.3 Å². The highest BCUT2D eigenvalue weighted by atomic mass is 16.5. The first-order chi connectivity index (χ1) is 6.11. The molecular formula is C10H17NO2. The average molecular weight is 183 g/mol. The molecule has 0 saturated heterocycles. The zero-order chi connectivity index (χ0) is 10.3. The second kappa shape index (κ2) is 6.47. The highest BCUT2D eigenvalue weighted by Crippen LogP contribution is 2.10. The third-order valence-corrected chi connectivity index (χ3v) is 1.87. The van der Waals surface area contributed by atoms with Crippen molar-refractivity contribution in [1.82, 2.24) is 0 Å². The van der Waals surface area contributed by atoms with Gasteiger partial charge in [0, 0.05) is 0 Å². The van der Waals surface area contributed by atoms with Crippen molar-refractivity contribution in [1.29, 1.82) is 5.26 Å². The molecule has 0 aliphatic heterocycles. The number of esters is 1. The van der Waals surface area contributed by atoms with Crippen LogP contribution in [-0.4, -0.2) is 12.1 Å². The SMILES string of the molecule is CCCCC(C)C(=O)OC(C)C#N. The molecule has 0 aliphatic rings. The number of hydrogen-bond acceptors (Lipinski definition) is 3. The van der Waals surface area contributed by atoms with Crippen molar-refractivity contribution in [2.45, 2.75) is 46.1 Å². The van der Waals surface area contributed by atoms with Gasteiger partial charge >= 0.3 is 5.97 Å². The Balaban J connectivity index is 3.77. The van der Waals surface area contributed by atoms with Crippen LogP contribution in [0.2, 0.25) is 0 Å². The van der Waals surface area contributed by atoms with Gasteiger partial charge < -0.3 is 4.74 Å². The number of carbonyl (C=O) groups excluding carboxylic acids is 1. The summed E-state index contributed by atoms with van der Waals surface area (Å²) >= 11 is 0. The van der Waals surface area contributed by atoms with Gasteiger partial charge in [-0.1, -0.05) is 26.7 Å². The molecule has 0 fully saturated rings. The number of carbonyl (C=O) groups is 1. The highest BCUT2D eigenvalue weighted by molar-refractivity contribution is 5.72. The summed E-state index contributed by atoms with van der Waals surface area (Å²) in [5, 5.41) is 8.41. The maximum absolute atomic E-state index is 11.2. The van der Waals surface area contributed by atoms with Crippen LogP contribution in [0, 0.1) is 17.2 Å². The van der Waals surface area contributed by atoms with Gasteiger partial charge in [0.2, 0.25) is 0 Å². The highest BCUT2D eigenvalue weighted by Gasteiger charge is 2.16. The van der Waals surface area contributed by atoms with Crippen LogP contribution in [0.5, 0.6) is 0 Å². The maximum Gasteiger partial charge on any atom is 0.309 e. The molecule has 0 bridgehead atoms. The number of nitriles is 1. The smallest absolute Gasteiger partial charge is 0.309 e. The van der Waals surface area contributed by atoms with Gasteiger partial charge in [0.1, 0.15) is 6.07 Å². The molecule has 0 N–H and O–H groups in total. The summed E-state index contributed by atoms with van der Waals surface area (Å²) in [5.41, 5.74) is 0. The number of rotatable bonds is 5. The maximum atomic E-state index is 11.2. The molecule has 2 atom stereocenters. The lowest BCUT2D eigenvalue weighted by atomic mass is 10.1. The molecule has 3 nitrogen and oxygen atoms in total. The second-order valence-electron chi connectivity index (χ2n) is 3.25. The van der Waals surface area contributed by atoms with E-state index >= 15 is 0 Å². The summed E-state index contributed by atoms with van der Waals surface area (Å²) in [6, 6.07) is 1.86. The zero-order valence-corrected chi connectivity index (χ0v) is 8.54. The van der Waals surface area contributed by atoms with Crippen molar-refractivity contribution >= 4 is 5.97 Å². The molecule has 0 aromatic rings. The molecule has 3 heteroatoms. The van der Waals surface area contributed by atoms with Gasteiger partial charge in [-0.15, -0.1) is 0 Å². The lowest BCUT2D eigenvalue weighted by Crippen LogP contribution is -2.19. The fourth-order valence-electron chi connectivity index (χ4n) is 0.945. The van der Waals surface area contributed by atoms with Gasteiger partial charge in [-0.2, -0.15) is 5.26 Å². The lowest BCUT2D eigenvalue weighted by molar-refractivity contribution is -0.150. The normalized spacial score (nSPS) is 14.3. The third-order valence-electron chi connectivity index (χ3n) is 1.87. The van der Waals surface area contributed by atoms with Crippen LogP contribution in [0.4, 0.5) is 0 Å². The van der Waals surface area contributed by atoms with Gasteiger partial charge in [0.25, 0.3) is 0 Å². The molecule has 2 unspecified atom stereocenters. The van der Waals surface area contributed by atoms with Crippen molar-refractivity contribution in [3.05, 3.63) is 0 Å². The van der Waals surface area contributed by atoms with Crippen LogP contribution in [-0.2, 0) is 9.53 Å². The number of unbranched alkanes of at least 4 members (excludes halogenated alkanes) is 1. The molecule has 0 aromatic heterocycles. The monoisotopic (exact) mass is 183 g/mol. The van der Waals surface area contributed by atoms with E-state index in [1.165, 1.54) is 0 Å². The molecule has 0 spiro atoms. The molecular weight excluding hydrogens is 166 g/mol. The van der Waals surface area contributed by atoms with Gasteiger partial charge in [-0.05, 0) is 13.3 Å². The van der Waals surface area contributed by atoms with Crippen LogP contribution >= 0.6 is 0 Å². The van der Waals surface area contributed by atoms with Crippen LogP contribution in [0.25, 0.3) is 0 Å². The van der Waals surface area contributed by atoms with E-state index < -0.39 is 6.10 Å². The fraction of sp³-hybridized carbons (Fsp3) is 0.800. The number of ether oxygens (including phenoxy) is 1. The summed E-state index contributed by atoms with van der Waals surface area (Å²) in [6.45, 7) is 5.49. The van der Waals surface area contributed by atoms with Crippen molar-refractivity contribution in [3.63, 3.8) is 0 Å². The minimum atomic E-state index is -0.628. The van der Waals surface area contributed by atoms with Crippen molar-refractivity contribution < 1.29 is 9.53 Å². The molecule has 0 heterocycles. The van der Waals surface area contributed by atoms with Crippen molar-refractivity contribution in [2.24, 2.45) is 5.92 Å². The molecule has 0 radical (unpaired) electrons. The standard InChI is InChI=1S/C10H17NO2/c1-4-5-6-8(2)10(12)13-9(3)7-11/h8-9H,4-6H2,1-3H3. The van der Waals surface area contributed by atoms with E-state index in [1.54, 1.807) is 6.92 Å². The van der Waals surface area contributed by atoms with Crippen LogP contribution in [0.15, 0.2) is 0 Å². The molecule has 0 aromatic carbocycles. The lowest BCUT2D eigenvalue weighted by Gasteiger charge is -2.11. The first-order valence-electron chi connectivity index (χ1n) is 4.71. The number of nitrogens with zero attached hydrogens (tertiary/aromatic N) is 1. The molecule has 0 saturated carbocycles. The Kier molecular flexibility index (Phi) is 5.96. The fourth-order valence-corrected chi connectivity index (χ4v) is 0.945. The van der Waals surface area contributed by atoms with E-state index in [4.69, 9.17) is 10.00 Å². The van der Waals surface area contributed by atoms with E-state index in [9.17, 15) is 4.79 Å². The van der Waals surface area contributed by atoms with Gasteiger partial charge in [-0.25, -0.2) is 0 Å². The predicted molar refractivity (Wildman–Crippen MR) is 49.9 cm³/mol. The van der Waals surface area contributed by atoms with E-state index in [1.807, 2.05) is 13.0 Å². The minimum absolute atomic E-state index is 0.0873. The minimum Gasteiger partial charge on any atom is -0.447 e. The van der Waals surface area contributed by atoms with E-state index in [2.05, 4.69) is 6.92 Å². The van der Waals surface area contributed by atoms with Crippen LogP contribution in [0.3, 0.4) is 0 Å². The van der Waals surface area contributed by atoms with Crippen LogP contribution in [0.1, 0.15) is 40.0 Å². The van der Waals surface area contributed by atoms with Crippen molar-refractivity contribution in [2.75, 3.05) is 0 Å². The molecule has 74 valence electrons. The first kappa shape index (κ1) is 12.0. The largest absolute Gasteiger partial charge is 0.447 e. The predicted octanol–water partition coefficient (Wildman–Crippen LogP) is 2.27. The summed E-state index contributed by atoms with van der Waals surface area (Å²) in [5.74, 6) is -0.349. The zero-order valence-electron chi connectivity index (χ0n) is 8.54. The van der Waals surface area contributed by atoms with E-state index in [0.29, 0.717) is 0 Å². The van der Waals surface area contributed by atoms with Crippen molar-refractivity contribution in [3.8, 4) is 6.07 Å². The molecule has 0 aliphatic carbocycles. The first-order valence-corrected chi connectivity index (χ1v) is 4.71. The topological polar surface area (TPSA) is 50.1 Å². The quantitative estimate of drug-likeness (QED) is 0.614. The van der Waals surface area contributed by atoms with Crippen LogP contribution < -0.4 is 0 Å². The second-order valence-corrected chi connectivity index (χ2v) is 3.25. The summed E-state index contributed by atoms with van der Waals surface area (Å²) < 4.78 is 4.86. The molecule has 13 heavy (non-hydrogen) atoms. The Morgan fingerprint density at radius 1 is 1.54 bits per heavy atom. The Morgan fingerprint density at radius 2 is 2.15 bits per heavy atom. The summed E-state index contributed by atoms with van der Waals surface area (Å²) in [7, 11) is 0. The summed E-state index contributed by atoms with van der Waals surface area (Å²) in [6.07, 6.45) is 2.31. The Morgan fingerprint density at radius 3 is 2.62 bits per heavy atom. The van der Waals surface area contributed by atoms with Gasteiger partial charge in [0.05, 0.1) is 5.92 Å². The summed E-state index contributed by atoms with van der Waals surface area (Å²) in [4.78, 5) is 11.2. The molecule has 0 rings (SSSR count). The third kappa shape index (κ3) is 5.24. The molecule has 0 amide bonds. The van der Waals surface area contributed by atoms with Gasteiger partial charge in [0.15, 0.2) is 6.10 Å². The van der Waals surface area contributed by atoms with E-state index in [-0.39, 0.29) is 11.9 Å². The number of hydrogen-bond donors (Lipinski definition) is 0. The average Bonchev–Trinajstić information content (AvgIpc) is 2.13. The Hall–Kier alpha value is -1.04.